The summed E-state index contributed by atoms with van der Waals surface area (Å²) in [5, 5.41) is 7.02. The number of likely N-dealkylation sites (N-methyl/N-ethyl adjacent to an activating group) is 1. The summed E-state index contributed by atoms with van der Waals surface area (Å²) in [6, 6.07) is 10.7. The van der Waals surface area contributed by atoms with Gasteiger partial charge in [-0.3, -0.25) is 9.89 Å². The van der Waals surface area contributed by atoms with E-state index in [-0.39, 0.29) is 24.0 Å². The molecule has 1 aromatic carbocycles. The van der Waals surface area contributed by atoms with Crippen LogP contribution in [0.2, 0.25) is 0 Å². The van der Waals surface area contributed by atoms with Crippen molar-refractivity contribution in [2.24, 2.45) is 4.99 Å². The van der Waals surface area contributed by atoms with E-state index < -0.39 is 0 Å². The SMILES string of the molecule is CCN1CCN(CCNC(=NC)NCC2(Sc3ccccc3)CC2)CC1.I. The smallest absolute Gasteiger partial charge is 0.191 e. The molecule has 1 saturated heterocycles. The maximum absolute atomic E-state index is 4.39. The molecule has 0 spiro atoms. The Morgan fingerprint density at radius 1 is 1.07 bits per heavy atom. The van der Waals surface area contributed by atoms with Crippen LogP contribution in [0, 0.1) is 0 Å². The molecule has 0 atom stereocenters. The van der Waals surface area contributed by atoms with Crippen molar-refractivity contribution in [2.75, 3.05) is 59.4 Å². The molecule has 2 aliphatic rings. The first kappa shape index (κ1) is 22.8. The second-order valence-electron chi connectivity index (χ2n) is 7.23. The Bertz CT molecular complexity index is 571. The van der Waals surface area contributed by atoms with Crippen LogP contribution in [0.4, 0.5) is 0 Å². The van der Waals surface area contributed by atoms with E-state index in [1.54, 1.807) is 0 Å². The first-order valence-corrected chi connectivity index (χ1v) is 10.7. The van der Waals surface area contributed by atoms with Crippen molar-refractivity contribution in [1.82, 2.24) is 20.4 Å². The molecule has 1 saturated carbocycles. The fraction of sp³-hybridized carbons (Fsp3) is 0.650. The van der Waals surface area contributed by atoms with Gasteiger partial charge in [0.2, 0.25) is 0 Å². The quantitative estimate of drug-likeness (QED) is 0.325. The van der Waals surface area contributed by atoms with E-state index >= 15 is 0 Å². The highest BCUT2D eigenvalue weighted by atomic mass is 127. The number of guanidine groups is 1. The van der Waals surface area contributed by atoms with Gasteiger partial charge in [0.25, 0.3) is 0 Å². The maximum atomic E-state index is 4.39. The predicted molar refractivity (Wildman–Crippen MR) is 128 cm³/mol. The van der Waals surface area contributed by atoms with Gasteiger partial charge in [-0.1, -0.05) is 25.1 Å². The van der Waals surface area contributed by atoms with Gasteiger partial charge in [-0.2, -0.15) is 0 Å². The Morgan fingerprint density at radius 3 is 2.33 bits per heavy atom. The van der Waals surface area contributed by atoms with E-state index in [9.17, 15) is 0 Å². The highest BCUT2D eigenvalue weighted by molar-refractivity contribution is 14.0. The third-order valence-corrected chi connectivity index (χ3v) is 6.81. The van der Waals surface area contributed by atoms with Crippen molar-refractivity contribution in [3.8, 4) is 0 Å². The molecule has 2 fully saturated rings. The van der Waals surface area contributed by atoms with E-state index in [0.717, 1.165) is 25.6 Å². The fourth-order valence-corrected chi connectivity index (χ4v) is 4.56. The van der Waals surface area contributed by atoms with Crippen LogP contribution in [0.1, 0.15) is 19.8 Å². The van der Waals surface area contributed by atoms with Crippen molar-refractivity contribution in [3.63, 3.8) is 0 Å². The van der Waals surface area contributed by atoms with E-state index in [1.165, 1.54) is 50.5 Å². The third-order valence-electron chi connectivity index (χ3n) is 5.32. The summed E-state index contributed by atoms with van der Waals surface area (Å²) in [4.78, 5) is 10.8. The lowest BCUT2D eigenvalue weighted by Crippen LogP contribution is -2.49. The molecule has 2 N–H and O–H groups in total. The minimum atomic E-state index is 0. The molecule has 0 amide bonds. The summed E-state index contributed by atoms with van der Waals surface area (Å²) in [6.07, 6.45) is 2.55. The standard InChI is InChI=1S/C20H33N5S.HI/c1-3-24-13-15-25(16-14-24)12-11-22-19(21-2)23-17-20(9-10-20)26-18-7-5-4-6-8-18;/h4-8H,3,9-17H2,1-2H3,(H2,21,22,23);1H. The first-order valence-electron chi connectivity index (χ1n) is 9.86. The molecular formula is C20H34IN5S. The number of rotatable bonds is 8. The number of hydrogen-bond acceptors (Lipinski definition) is 4. The highest BCUT2D eigenvalue weighted by Crippen LogP contribution is 2.51. The summed E-state index contributed by atoms with van der Waals surface area (Å²) >= 11 is 2.00. The number of piperazine rings is 1. The average Bonchev–Trinajstić information content (AvgIpc) is 3.45. The first-order chi connectivity index (χ1) is 12.7. The Labute approximate surface area is 185 Å². The van der Waals surface area contributed by atoms with E-state index in [4.69, 9.17) is 0 Å². The van der Waals surface area contributed by atoms with Crippen LogP contribution in [0.5, 0.6) is 0 Å². The molecule has 0 unspecified atom stereocenters. The number of thioether (sulfide) groups is 1. The minimum Gasteiger partial charge on any atom is -0.355 e. The zero-order valence-electron chi connectivity index (χ0n) is 16.6. The van der Waals surface area contributed by atoms with Crippen molar-refractivity contribution in [1.29, 1.82) is 0 Å². The summed E-state index contributed by atoms with van der Waals surface area (Å²) in [5.41, 5.74) is 0. The van der Waals surface area contributed by atoms with Gasteiger partial charge in [-0.25, -0.2) is 0 Å². The summed E-state index contributed by atoms with van der Waals surface area (Å²) in [6.45, 7) is 11.2. The summed E-state index contributed by atoms with van der Waals surface area (Å²) in [7, 11) is 1.86. The van der Waals surface area contributed by atoms with Crippen molar-refractivity contribution < 1.29 is 0 Å². The number of aliphatic imine (C=N–C) groups is 1. The predicted octanol–water partition coefficient (Wildman–Crippen LogP) is 2.73. The second-order valence-corrected chi connectivity index (χ2v) is 8.77. The Balaban J connectivity index is 0.00000261. The topological polar surface area (TPSA) is 42.9 Å². The molecule has 0 radical (unpaired) electrons. The van der Waals surface area contributed by atoms with Crippen molar-refractivity contribution in [2.45, 2.75) is 29.4 Å². The van der Waals surface area contributed by atoms with Gasteiger partial charge in [-0.15, -0.1) is 35.7 Å². The number of nitrogens with zero attached hydrogens (tertiary/aromatic N) is 3. The normalized spacial score (nSPS) is 20.0. The number of halogens is 1. The van der Waals surface area contributed by atoms with Gasteiger partial charge >= 0.3 is 0 Å². The molecule has 7 heteroatoms. The molecule has 5 nitrogen and oxygen atoms in total. The van der Waals surface area contributed by atoms with Crippen LogP contribution in [0.25, 0.3) is 0 Å². The molecule has 1 aliphatic carbocycles. The number of nitrogens with one attached hydrogen (secondary N) is 2. The van der Waals surface area contributed by atoms with Gasteiger partial charge in [0.05, 0.1) is 0 Å². The monoisotopic (exact) mass is 503 g/mol. The maximum Gasteiger partial charge on any atom is 0.191 e. The van der Waals surface area contributed by atoms with Gasteiger partial charge in [0, 0.05) is 62.5 Å². The molecule has 3 rings (SSSR count). The van der Waals surface area contributed by atoms with E-state index in [2.05, 4.69) is 62.7 Å². The van der Waals surface area contributed by atoms with Crippen molar-refractivity contribution >= 4 is 41.7 Å². The van der Waals surface area contributed by atoms with Crippen LogP contribution < -0.4 is 10.6 Å². The van der Waals surface area contributed by atoms with Crippen LogP contribution in [-0.4, -0.2) is 79.9 Å². The molecule has 1 heterocycles. The van der Waals surface area contributed by atoms with Crippen LogP contribution >= 0.6 is 35.7 Å². The van der Waals surface area contributed by atoms with Crippen LogP contribution in [0.15, 0.2) is 40.2 Å². The van der Waals surface area contributed by atoms with E-state index in [0.29, 0.717) is 4.75 Å². The molecule has 0 aromatic heterocycles. The average molecular weight is 503 g/mol. The zero-order valence-corrected chi connectivity index (χ0v) is 19.8. The number of hydrogen-bond donors (Lipinski definition) is 2. The van der Waals surface area contributed by atoms with Gasteiger partial charge in [-0.05, 0) is 31.5 Å². The minimum absolute atomic E-state index is 0. The molecule has 152 valence electrons. The van der Waals surface area contributed by atoms with Gasteiger partial charge < -0.3 is 15.5 Å². The Morgan fingerprint density at radius 2 is 1.74 bits per heavy atom. The molecule has 1 aromatic rings. The molecule has 1 aliphatic heterocycles. The lowest BCUT2D eigenvalue weighted by molar-refractivity contribution is 0.139. The molecule has 27 heavy (non-hydrogen) atoms. The van der Waals surface area contributed by atoms with Gasteiger partial charge in [0.1, 0.15) is 0 Å². The Kier molecular flexibility index (Phi) is 9.69. The Hall–Kier alpha value is -0.510. The summed E-state index contributed by atoms with van der Waals surface area (Å²) < 4.78 is 0.343. The van der Waals surface area contributed by atoms with Gasteiger partial charge in [0.15, 0.2) is 5.96 Å². The highest BCUT2D eigenvalue weighted by Gasteiger charge is 2.43. The zero-order chi connectivity index (χ0) is 18.2. The van der Waals surface area contributed by atoms with Crippen molar-refractivity contribution in [3.05, 3.63) is 30.3 Å². The molecule has 0 bridgehead atoms. The summed E-state index contributed by atoms with van der Waals surface area (Å²) in [5.74, 6) is 0.928. The van der Waals surface area contributed by atoms with Crippen LogP contribution in [-0.2, 0) is 0 Å². The third kappa shape index (κ3) is 7.44. The lowest BCUT2D eigenvalue weighted by atomic mass is 10.3. The largest absolute Gasteiger partial charge is 0.355 e. The van der Waals surface area contributed by atoms with E-state index in [1.807, 2.05) is 18.8 Å². The van der Waals surface area contributed by atoms with Crippen LogP contribution in [0.3, 0.4) is 0 Å². The fourth-order valence-electron chi connectivity index (χ4n) is 3.32. The number of benzene rings is 1. The lowest BCUT2D eigenvalue weighted by Gasteiger charge is -2.34. The molecular weight excluding hydrogens is 469 g/mol. The second kappa shape index (κ2) is 11.5.